The van der Waals surface area contributed by atoms with Crippen LogP contribution in [0.5, 0.6) is 0 Å². The molecule has 8 atom stereocenters. The van der Waals surface area contributed by atoms with Gasteiger partial charge in [-0.25, -0.2) is 0 Å². The normalized spacial score (nSPS) is 53.6. The summed E-state index contributed by atoms with van der Waals surface area (Å²) in [5.41, 5.74) is 0.550. The highest BCUT2D eigenvalue weighted by Gasteiger charge is 2.61. The lowest BCUT2D eigenvalue weighted by molar-refractivity contribution is -0.156. The molecule has 0 spiro atoms. The third kappa shape index (κ3) is 2.22. The van der Waals surface area contributed by atoms with Crippen LogP contribution in [0.3, 0.4) is 0 Å². The first kappa shape index (κ1) is 16.9. The topological polar surface area (TPSA) is 53.2 Å². The van der Waals surface area contributed by atoms with Gasteiger partial charge in [0.2, 0.25) is 0 Å². The molecule has 0 aromatic heterocycles. The van der Waals surface area contributed by atoms with Gasteiger partial charge < -0.3 is 9.84 Å². The van der Waals surface area contributed by atoms with Crippen molar-refractivity contribution in [3.05, 3.63) is 0 Å². The molecule has 0 aromatic rings. The molecular weight excluding hydrogens is 298 g/mol. The Morgan fingerprint density at radius 3 is 2.67 bits per heavy atom. The van der Waals surface area contributed by atoms with Crippen molar-refractivity contribution in [2.45, 2.75) is 70.8 Å². The Morgan fingerprint density at radius 2 is 1.92 bits per heavy atom. The number of aliphatic hydroxyl groups excluding tert-OH is 1. The lowest BCUT2D eigenvalue weighted by Gasteiger charge is -2.61. The zero-order valence-corrected chi connectivity index (χ0v) is 15.3. The van der Waals surface area contributed by atoms with E-state index in [9.17, 15) is 10.4 Å². The standard InChI is InChI=1S/C21H33NO2/c1-20-9-8-19-17(18(20)6-4-15(20)12-22)5-3-14-11-16(23)7-10-21(14,19)13-24-2/h14-19,23H,3-11,13H2,1-2H3. The molecule has 1 N–H and O–H groups in total. The predicted octanol–water partition coefficient (Wildman–Crippen LogP) is 4.16. The van der Waals surface area contributed by atoms with Gasteiger partial charge in [0.25, 0.3) is 0 Å². The zero-order valence-electron chi connectivity index (χ0n) is 15.3. The Morgan fingerprint density at radius 1 is 1.08 bits per heavy atom. The van der Waals surface area contributed by atoms with Crippen LogP contribution in [0.4, 0.5) is 0 Å². The fourth-order valence-corrected chi connectivity index (χ4v) is 7.79. The fraction of sp³-hybridized carbons (Fsp3) is 0.952. The van der Waals surface area contributed by atoms with Gasteiger partial charge in [-0.05, 0) is 92.3 Å². The third-order valence-corrected chi connectivity index (χ3v) is 8.91. The number of aliphatic hydroxyl groups is 1. The quantitative estimate of drug-likeness (QED) is 0.827. The molecule has 0 bridgehead atoms. The zero-order chi connectivity index (χ0) is 16.9. The van der Waals surface area contributed by atoms with Gasteiger partial charge >= 0.3 is 0 Å². The number of fused-ring (bicyclic) bond motifs is 5. The summed E-state index contributed by atoms with van der Waals surface area (Å²) in [6.45, 7) is 3.28. The molecule has 0 aromatic carbocycles. The summed E-state index contributed by atoms with van der Waals surface area (Å²) in [7, 11) is 1.86. The first-order valence-electron chi connectivity index (χ1n) is 10.1. The highest BCUT2D eigenvalue weighted by atomic mass is 16.5. The Balaban J connectivity index is 1.65. The van der Waals surface area contributed by atoms with E-state index in [2.05, 4.69) is 13.0 Å². The smallest absolute Gasteiger partial charge is 0.0661 e. The molecule has 4 fully saturated rings. The number of rotatable bonds is 2. The first-order valence-corrected chi connectivity index (χ1v) is 10.1. The van der Waals surface area contributed by atoms with Gasteiger partial charge in [-0.15, -0.1) is 0 Å². The van der Waals surface area contributed by atoms with Crippen molar-refractivity contribution in [3.63, 3.8) is 0 Å². The Labute approximate surface area is 146 Å². The van der Waals surface area contributed by atoms with Gasteiger partial charge in [-0.2, -0.15) is 5.26 Å². The SMILES string of the molecule is COCC12CCC(O)CC1CCC1C3CCC(C#N)C3(C)CCC12. The van der Waals surface area contributed by atoms with Gasteiger partial charge in [0, 0.05) is 7.11 Å². The number of nitriles is 1. The molecule has 0 aliphatic heterocycles. The van der Waals surface area contributed by atoms with Crippen LogP contribution in [0.15, 0.2) is 0 Å². The summed E-state index contributed by atoms with van der Waals surface area (Å²) in [6, 6.07) is 2.64. The van der Waals surface area contributed by atoms with Crippen molar-refractivity contribution in [2.24, 2.45) is 40.4 Å². The molecule has 3 nitrogen and oxygen atoms in total. The summed E-state index contributed by atoms with van der Waals surface area (Å²) in [6.07, 6.45) is 10.4. The van der Waals surface area contributed by atoms with E-state index in [4.69, 9.17) is 4.74 Å². The molecule has 0 radical (unpaired) electrons. The number of ether oxygens (including phenoxy) is 1. The minimum absolute atomic E-state index is 0.0974. The summed E-state index contributed by atoms with van der Waals surface area (Å²) in [5.74, 6) is 3.18. The fourth-order valence-electron chi connectivity index (χ4n) is 7.79. The maximum Gasteiger partial charge on any atom is 0.0661 e. The lowest BCUT2D eigenvalue weighted by atomic mass is 9.44. The van der Waals surface area contributed by atoms with Gasteiger partial charge in [0.15, 0.2) is 0 Å². The van der Waals surface area contributed by atoms with Crippen LogP contribution in [-0.4, -0.2) is 24.9 Å². The van der Waals surface area contributed by atoms with E-state index in [-0.39, 0.29) is 17.4 Å². The van der Waals surface area contributed by atoms with Crippen LogP contribution in [0.25, 0.3) is 0 Å². The minimum atomic E-state index is -0.0974. The van der Waals surface area contributed by atoms with Crippen molar-refractivity contribution < 1.29 is 9.84 Å². The molecule has 4 saturated carbocycles. The third-order valence-electron chi connectivity index (χ3n) is 8.91. The van der Waals surface area contributed by atoms with Crippen LogP contribution < -0.4 is 0 Å². The van der Waals surface area contributed by atoms with Crippen molar-refractivity contribution in [1.29, 1.82) is 5.26 Å². The number of methoxy groups -OCH3 is 1. The minimum Gasteiger partial charge on any atom is -0.393 e. The molecule has 24 heavy (non-hydrogen) atoms. The van der Waals surface area contributed by atoms with E-state index < -0.39 is 0 Å². The molecule has 134 valence electrons. The molecule has 4 aliphatic carbocycles. The van der Waals surface area contributed by atoms with Crippen LogP contribution in [0, 0.1) is 51.8 Å². The van der Waals surface area contributed by atoms with Crippen LogP contribution in [-0.2, 0) is 4.74 Å². The van der Waals surface area contributed by atoms with Crippen molar-refractivity contribution in [3.8, 4) is 6.07 Å². The maximum absolute atomic E-state index is 10.2. The van der Waals surface area contributed by atoms with Crippen molar-refractivity contribution in [1.82, 2.24) is 0 Å². The molecule has 0 heterocycles. The van der Waals surface area contributed by atoms with Gasteiger partial charge in [0.1, 0.15) is 0 Å². The average molecular weight is 332 g/mol. The van der Waals surface area contributed by atoms with Crippen LogP contribution in [0.1, 0.15) is 64.7 Å². The Kier molecular flexibility index (Phi) is 4.21. The summed E-state index contributed by atoms with van der Waals surface area (Å²) >= 11 is 0. The van der Waals surface area contributed by atoms with E-state index in [1.807, 2.05) is 7.11 Å². The first-order chi connectivity index (χ1) is 11.5. The van der Waals surface area contributed by atoms with E-state index in [0.29, 0.717) is 11.3 Å². The summed E-state index contributed by atoms with van der Waals surface area (Å²) < 4.78 is 5.77. The average Bonchev–Trinajstić information content (AvgIpc) is 2.92. The van der Waals surface area contributed by atoms with E-state index in [1.165, 1.54) is 32.1 Å². The summed E-state index contributed by atoms with van der Waals surface area (Å²) in [4.78, 5) is 0. The van der Waals surface area contributed by atoms with E-state index in [1.54, 1.807) is 0 Å². The highest BCUT2D eigenvalue weighted by molar-refractivity contribution is 5.13. The monoisotopic (exact) mass is 331 g/mol. The largest absolute Gasteiger partial charge is 0.393 e. The molecular formula is C21H33NO2. The molecule has 3 heteroatoms. The molecule has 4 aliphatic rings. The molecule has 4 rings (SSSR count). The lowest BCUT2D eigenvalue weighted by Crippen LogP contribution is -2.56. The van der Waals surface area contributed by atoms with E-state index in [0.717, 1.165) is 50.0 Å². The number of hydrogen-bond donors (Lipinski definition) is 1. The molecule has 0 amide bonds. The van der Waals surface area contributed by atoms with Crippen LogP contribution >= 0.6 is 0 Å². The molecule has 8 unspecified atom stereocenters. The molecule has 0 saturated heterocycles. The second kappa shape index (κ2) is 5.99. The van der Waals surface area contributed by atoms with Crippen LogP contribution in [0.2, 0.25) is 0 Å². The maximum atomic E-state index is 10.2. The van der Waals surface area contributed by atoms with Crippen molar-refractivity contribution in [2.75, 3.05) is 13.7 Å². The van der Waals surface area contributed by atoms with Crippen molar-refractivity contribution >= 4 is 0 Å². The number of hydrogen-bond acceptors (Lipinski definition) is 3. The Bertz CT molecular complexity index is 528. The Hall–Kier alpha value is -0.590. The second-order valence-corrected chi connectivity index (χ2v) is 9.55. The predicted molar refractivity (Wildman–Crippen MR) is 93.0 cm³/mol. The highest BCUT2D eigenvalue weighted by Crippen LogP contribution is 2.67. The van der Waals surface area contributed by atoms with Gasteiger partial charge in [0.05, 0.1) is 24.7 Å². The van der Waals surface area contributed by atoms with Gasteiger partial charge in [-0.3, -0.25) is 0 Å². The number of nitrogens with zero attached hydrogens (tertiary/aromatic N) is 1. The summed E-state index contributed by atoms with van der Waals surface area (Å²) in [5, 5.41) is 19.8. The van der Waals surface area contributed by atoms with Gasteiger partial charge in [-0.1, -0.05) is 6.92 Å². The van der Waals surface area contributed by atoms with E-state index >= 15 is 0 Å². The second-order valence-electron chi connectivity index (χ2n) is 9.55.